The molecule has 7 rings (SSSR count). The number of alkyl halides is 6. The van der Waals surface area contributed by atoms with E-state index in [1.165, 1.54) is 24.3 Å². The Morgan fingerprint density at radius 3 is 1.40 bits per heavy atom. The summed E-state index contributed by atoms with van der Waals surface area (Å²) in [6, 6.07) is 17.2. The van der Waals surface area contributed by atoms with E-state index < -0.39 is 35.1 Å². The van der Waals surface area contributed by atoms with Gasteiger partial charge in [-0.15, -0.1) is 4.95 Å². The second kappa shape index (κ2) is 10.7. The van der Waals surface area contributed by atoms with Crippen molar-refractivity contribution in [2.45, 2.75) is 12.4 Å². The molecule has 7 aromatic carbocycles. The first kappa shape index (κ1) is 30.5. The first-order chi connectivity index (χ1) is 22.8. The van der Waals surface area contributed by atoms with Crippen LogP contribution in [-0.4, -0.2) is 0 Å². The normalized spacial score (nSPS) is 13.2. The van der Waals surface area contributed by atoms with Crippen molar-refractivity contribution >= 4 is 43.1 Å². The Morgan fingerprint density at radius 1 is 0.521 bits per heavy atom. The smallest absolute Gasteiger partial charge is 0.207 e. The van der Waals surface area contributed by atoms with Gasteiger partial charge in [0.15, 0.2) is 5.36 Å². The average molecular weight is 655 g/mol. The molecule has 7 aromatic rings. The lowest BCUT2D eigenvalue weighted by molar-refractivity contribution is -0.138. The van der Waals surface area contributed by atoms with Crippen LogP contribution in [0.2, 0.25) is 0 Å². The summed E-state index contributed by atoms with van der Waals surface area (Å²) >= 11 is 0. The molecule has 0 heterocycles. The minimum absolute atomic E-state index is 0.0282. The van der Waals surface area contributed by atoms with Gasteiger partial charge in [-0.1, -0.05) is 24.3 Å². The molecule has 0 saturated carbocycles. The van der Waals surface area contributed by atoms with Crippen LogP contribution in [0.1, 0.15) is 11.1 Å². The van der Waals surface area contributed by atoms with Gasteiger partial charge in [0.25, 0.3) is 0 Å². The number of rotatable bonds is 2. The zero-order valence-corrected chi connectivity index (χ0v) is 23.9. The van der Waals surface area contributed by atoms with Gasteiger partial charge in [0, 0.05) is 21.5 Å². The predicted octanol–water partition coefficient (Wildman–Crippen LogP) is 9.94. The third-order valence-electron chi connectivity index (χ3n) is 8.23. The lowest BCUT2D eigenvalue weighted by Crippen LogP contribution is -2.05. The van der Waals surface area contributed by atoms with Crippen LogP contribution in [0, 0.1) is 29.7 Å². The van der Waals surface area contributed by atoms with E-state index >= 15 is 0 Å². The number of halogens is 8. The van der Waals surface area contributed by atoms with Crippen molar-refractivity contribution in [3.05, 3.63) is 130 Å². The number of hydrogen-bond donors (Lipinski definition) is 0. The van der Waals surface area contributed by atoms with Crippen LogP contribution in [0.15, 0.2) is 95.0 Å². The minimum atomic E-state index is -4.78. The van der Waals surface area contributed by atoms with Gasteiger partial charge in [-0.3, -0.25) is 0 Å². The van der Waals surface area contributed by atoms with Crippen molar-refractivity contribution in [1.82, 2.24) is 0 Å². The van der Waals surface area contributed by atoms with Gasteiger partial charge in [0.2, 0.25) is 6.19 Å². The third kappa shape index (κ3) is 4.99. The lowest BCUT2D eigenvalue weighted by atomic mass is 10.00. The van der Waals surface area contributed by atoms with Crippen molar-refractivity contribution < 1.29 is 35.1 Å². The monoisotopic (exact) mass is 654 g/mol. The SMILES string of the molecule is [C-]#[N+]/N=c1\c2cc(-c3cc(F)cc(C(F)(F)F)c3)ccc2c2cc3c(=NC#N)c4cc(-c5cc(F)cc(C(F)(F)F)c5)ccc4c3cc12. The maximum atomic E-state index is 14.2. The van der Waals surface area contributed by atoms with Crippen molar-refractivity contribution in [3.63, 3.8) is 0 Å². The molecule has 0 aromatic heterocycles. The minimum Gasteiger partial charge on any atom is -0.207 e. The van der Waals surface area contributed by atoms with Crippen LogP contribution in [0.4, 0.5) is 35.1 Å². The van der Waals surface area contributed by atoms with Gasteiger partial charge in [0.1, 0.15) is 11.6 Å². The van der Waals surface area contributed by atoms with E-state index in [9.17, 15) is 40.4 Å². The highest BCUT2D eigenvalue weighted by molar-refractivity contribution is 6.21. The van der Waals surface area contributed by atoms with Crippen molar-refractivity contribution in [2.75, 3.05) is 0 Å². The fourth-order valence-corrected chi connectivity index (χ4v) is 6.20. The summed E-state index contributed by atoms with van der Waals surface area (Å²) in [6.07, 6.45) is -7.79. The second-order valence-corrected chi connectivity index (χ2v) is 11.0. The third-order valence-corrected chi connectivity index (χ3v) is 8.23. The Labute approximate surface area is 264 Å². The second-order valence-electron chi connectivity index (χ2n) is 11.0. The van der Waals surface area contributed by atoms with E-state index in [0.717, 1.165) is 24.3 Å². The van der Waals surface area contributed by atoms with Crippen LogP contribution in [0.5, 0.6) is 0 Å². The highest BCUT2D eigenvalue weighted by atomic mass is 19.4. The molecule has 0 bridgehead atoms. The first-order valence-electron chi connectivity index (χ1n) is 13.9. The first-order valence-corrected chi connectivity index (χ1v) is 13.9. The van der Waals surface area contributed by atoms with Crippen molar-refractivity contribution in [2.24, 2.45) is 10.1 Å². The number of nitrogens with zero attached hydrogens (tertiary/aromatic N) is 4. The topological polar surface area (TPSA) is 52.9 Å². The quantitative estimate of drug-likeness (QED) is 0.0793. The van der Waals surface area contributed by atoms with Gasteiger partial charge in [-0.25, -0.2) is 8.78 Å². The van der Waals surface area contributed by atoms with Gasteiger partial charge in [0.05, 0.1) is 21.6 Å². The molecule has 0 N–H and O–H groups in total. The molecule has 48 heavy (non-hydrogen) atoms. The number of nitriles is 1. The van der Waals surface area contributed by atoms with Crippen LogP contribution in [0.3, 0.4) is 0 Å². The lowest BCUT2D eigenvalue weighted by Gasteiger charge is -2.10. The summed E-state index contributed by atoms with van der Waals surface area (Å²) in [4.78, 5) is 7.19. The van der Waals surface area contributed by atoms with Crippen LogP contribution in [0.25, 0.3) is 70.3 Å². The molecule has 12 heteroatoms. The zero-order chi connectivity index (χ0) is 34.1. The molecule has 234 valence electrons. The summed E-state index contributed by atoms with van der Waals surface area (Å²) in [5.41, 5.74) is -1.86. The number of fused-ring (bicyclic) bond motifs is 6. The molecule has 0 aliphatic rings. The maximum absolute atomic E-state index is 14.2. The van der Waals surface area contributed by atoms with Crippen LogP contribution < -0.4 is 10.7 Å². The molecule has 4 nitrogen and oxygen atoms in total. The molecule has 0 aliphatic heterocycles. The molecule has 0 saturated heterocycles. The predicted molar refractivity (Wildman–Crippen MR) is 163 cm³/mol. The molecule has 0 radical (unpaired) electrons. The van der Waals surface area contributed by atoms with E-state index in [0.29, 0.717) is 55.2 Å². The van der Waals surface area contributed by atoms with E-state index in [4.69, 9.17) is 6.57 Å². The summed E-state index contributed by atoms with van der Waals surface area (Å²) in [5, 5.41) is 18.1. The fourth-order valence-electron chi connectivity index (χ4n) is 6.20. The largest absolute Gasteiger partial charge is 0.416 e. The van der Waals surface area contributed by atoms with E-state index in [-0.39, 0.29) is 33.0 Å². The van der Waals surface area contributed by atoms with Gasteiger partial charge in [-0.05, 0) is 104 Å². The molecule has 0 fully saturated rings. The highest BCUT2D eigenvalue weighted by Crippen LogP contribution is 2.38. The molecule has 0 atom stereocenters. The summed E-state index contributed by atoms with van der Waals surface area (Å²) in [5.74, 6) is -2.14. The van der Waals surface area contributed by atoms with Gasteiger partial charge in [-0.2, -0.15) is 43.2 Å². The van der Waals surface area contributed by atoms with Gasteiger partial charge < -0.3 is 0 Å². The Bertz CT molecular complexity index is 2510. The molecular formula is C36H14F8N4. The molecule has 0 amide bonds. The molecule has 0 aliphatic carbocycles. The van der Waals surface area contributed by atoms with Crippen molar-refractivity contribution in [3.8, 4) is 28.4 Å². The molecule has 0 spiro atoms. The highest BCUT2D eigenvalue weighted by Gasteiger charge is 2.32. The van der Waals surface area contributed by atoms with E-state index in [1.807, 2.05) is 0 Å². The van der Waals surface area contributed by atoms with E-state index in [2.05, 4.69) is 15.0 Å². The molecular weight excluding hydrogens is 640 g/mol. The Kier molecular flexibility index (Phi) is 6.81. The summed E-state index contributed by atoms with van der Waals surface area (Å²) in [6.45, 7) is 7.43. The Morgan fingerprint density at radius 2 is 0.958 bits per heavy atom. The zero-order valence-electron chi connectivity index (χ0n) is 23.9. The van der Waals surface area contributed by atoms with Crippen LogP contribution in [-0.2, 0) is 12.4 Å². The molecule has 0 unspecified atom stereocenters. The van der Waals surface area contributed by atoms with Gasteiger partial charge >= 0.3 is 12.4 Å². The standard InChI is InChI=1S/C36H14F8N4/c1-46-48-34-30-11-18(20-7-22(36(42,43)44)13-24(38)9-20)3-5-26(30)28-14-31-27(15-32(28)34)25-4-2-17(10-29(25)33(31)47-16-45)19-6-21(35(39,40)41)12-23(37)8-19/h2-15H/b47-33?,48-34+. The Hall–Kier alpha value is -6.14. The summed E-state index contributed by atoms with van der Waals surface area (Å²) in [7, 11) is 0. The number of benzene rings is 5. The fraction of sp³-hybridized carbons (Fsp3) is 0.0556. The van der Waals surface area contributed by atoms with Crippen LogP contribution >= 0.6 is 0 Å². The average Bonchev–Trinajstić information content (AvgIpc) is 3.49. The van der Waals surface area contributed by atoms with E-state index in [1.54, 1.807) is 30.5 Å². The maximum Gasteiger partial charge on any atom is 0.416 e. The van der Waals surface area contributed by atoms with Crippen molar-refractivity contribution in [1.29, 1.82) is 5.26 Å². The summed E-state index contributed by atoms with van der Waals surface area (Å²) < 4.78 is 109. The number of hydrogen-bond acceptors (Lipinski definition) is 3. The Balaban J connectivity index is 1.49.